The lowest BCUT2D eigenvalue weighted by molar-refractivity contribution is 0.0697. The third-order valence-electron chi connectivity index (χ3n) is 3.66. The van der Waals surface area contributed by atoms with Gasteiger partial charge in [-0.2, -0.15) is 0 Å². The van der Waals surface area contributed by atoms with Crippen LogP contribution in [0.4, 0.5) is 8.78 Å². The molecule has 0 aliphatic heterocycles. The lowest BCUT2D eigenvalue weighted by atomic mass is 10.1. The van der Waals surface area contributed by atoms with E-state index in [1.165, 1.54) is 18.2 Å². The van der Waals surface area contributed by atoms with Crippen molar-refractivity contribution in [2.24, 2.45) is 0 Å². The number of hydrogen-bond acceptors (Lipinski definition) is 1. The van der Waals surface area contributed by atoms with Gasteiger partial charge < -0.3 is 9.67 Å². The number of aromatic nitrogens is 1. The molecule has 0 atom stereocenters. The monoisotopic (exact) mass is 301 g/mol. The van der Waals surface area contributed by atoms with Crippen molar-refractivity contribution in [1.29, 1.82) is 0 Å². The van der Waals surface area contributed by atoms with Gasteiger partial charge >= 0.3 is 5.97 Å². The molecule has 3 nitrogen and oxygen atoms in total. The molecule has 1 heterocycles. The summed E-state index contributed by atoms with van der Waals surface area (Å²) >= 11 is 0. The molecule has 0 aliphatic carbocycles. The fraction of sp³-hybridized carbons (Fsp3) is 0.118. The highest BCUT2D eigenvalue weighted by Crippen LogP contribution is 2.23. The van der Waals surface area contributed by atoms with Crippen LogP contribution >= 0.6 is 0 Å². The van der Waals surface area contributed by atoms with Crippen LogP contribution in [0.5, 0.6) is 0 Å². The summed E-state index contributed by atoms with van der Waals surface area (Å²) in [5.74, 6) is -2.73. The zero-order chi connectivity index (χ0) is 15.9. The molecule has 0 bridgehead atoms. The SMILES string of the molecule is Cc1cn(Cc2ccc(F)c(F)c2)c2ccc(C(=O)O)cc12. The van der Waals surface area contributed by atoms with Crippen molar-refractivity contribution in [3.63, 3.8) is 0 Å². The molecule has 1 N–H and O–H groups in total. The van der Waals surface area contributed by atoms with E-state index in [0.29, 0.717) is 12.1 Å². The molecular weight excluding hydrogens is 288 g/mol. The van der Waals surface area contributed by atoms with Crippen molar-refractivity contribution in [3.8, 4) is 0 Å². The zero-order valence-corrected chi connectivity index (χ0v) is 11.8. The summed E-state index contributed by atoms with van der Waals surface area (Å²) in [5.41, 5.74) is 2.65. The molecule has 0 fully saturated rings. The summed E-state index contributed by atoms with van der Waals surface area (Å²) in [6.45, 7) is 2.27. The van der Waals surface area contributed by atoms with E-state index >= 15 is 0 Å². The van der Waals surface area contributed by atoms with Gasteiger partial charge in [-0.3, -0.25) is 0 Å². The Hall–Kier alpha value is -2.69. The minimum Gasteiger partial charge on any atom is -0.478 e. The van der Waals surface area contributed by atoms with E-state index in [0.717, 1.165) is 22.5 Å². The third kappa shape index (κ3) is 2.45. The maximum absolute atomic E-state index is 13.3. The Balaban J connectivity index is 2.04. The van der Waals surface area contributed by atoms with Gasteiger partial charge in [0.15, 0.2) is 11.6 Å². The van der Waals surface area contributed by atoms with Crippen molar-refractivity contribution in [2.45, 2.75) is 13.5 Å². The molecule has 3 aromatic rings. The molecule has 0 spiro atoms. The van der Waals surface area contributed by atoms with E-state index in [4.69, 9.17) is 5.11 Å². The normalized spacial score (nSPS) is 11.0. The van der Waals surface area contributed by atoms with Gasteiger partial charge in [0, 0.05) is 23.6 Å². The third-order valence-corrected chi connectivity index (χ3v) is 3.66. The molecule has 3 rings (SSSR count). The largest absolute Gasteiger partial charge is 0.478 e. The van der Waals surface area contributed by atoms with E-state index in [-0.39, 0.29) is 5.56 Å². The minimum absolute atomic E-state index is 0.223. The average molecular weight is 301 g/mol. The number of benzene rings is 2. The smallest absolute Gasteiger partial charge is 0.335 e. The standard InChI is InChI=1S/C17H13F2NO2/c1-10-8-20(9-11-2-4-14(18)15(19)6-11)16-5-3-12(17(21)22)7-13(10)16/h2-8H,9H2,1H3,(H,21,22). The maximum atomic E-state index is 13.3. The molecule has 0 unspecified atom stereocenters. The Morgan fingerprint density at radius 1 is 1.14 bits per heavy atom. The summed E-state index contributed by atoms with van der Waals surface area (Å²) < 4.78 is 28.2. The number of nitrogens with zero attached hydrogens (tertiary/aromatic N) is 1. The lowest BCUT2D eigenvalue weighted by Crippen LogP contribution is -2.00. The van der Waals surface area contributed by atoms with Gasteiger partial charge in [-0.05, 0) is 48.4 Å². The molecule has 0 amide bonds. The number of carboxylic acids is 1. The predicted octanol–water partition coefficient (Wildman–Crippen LogP) is 3.97. The molecule has 5 heteroatoms. The van der Waals surface area contributed by atoms with Crippen molar-refractivity contribution in [3.05, 3.63) is 70.9 Å². The molecule has 22 heavy (non-hydrogen) atoms. The van der Waals surface area contributed by atoms with Crippen LogP contribution in [-0.4, -0.2) is 15.6 Å². The predicted molar refractivity (Wildman–Crippen MR) is 79.1 cm³/mol. The van der Waals surface area contributed by atoms with Crippen molar-refractivity contribution in [1.82, 2.24) is 4.57 Å². The topological polar surface area (TPSA) is 42.2 Å². The van der Waals surface area contributed by atoms with Crippen LogP contribution in [0.15, 0.2) is 42.6 Å². The van der Waals surface area contributed by atoms with Crippen LogP contribution in [-0.2, 0) is 6.54 Å². The molecule has 112 valence electrons. The fourth-order valence-electron chi connectivity index (χ4n) is 2.57. The number of halogens is 2. The van der Waals surface area contributed by atoms with Crippen LogP contribution in [0.2, 0.25) is 0 Å². The van der Waals surface area contributed by atoms with Gasteiger partial charge in [-0.25, -0.2) is 13.6 Å². The molecule has 0 radical (unpaired) electrons. The molecule has 0 saturated heterocycles. The highest BCUT2D eigenvalue weighted by atomic mass is 19.2. The highest BCUT2D eigenvalue weighted by Gasteiger charge is 2.11. The van der Waals surface area contributed by atoms with Crippen LogP contribution < -0.4 is 0 Å². The number of carbonyl (C=O) groups is 1. The van der Waals surface area contributed by atoms with Crippen LogP contribution in [0.25, 0.3) is 10.9 Å². The first-order chi connectivity index (χ1) is 10.5. The maximum Gasteiger partial charge on any atom is 0.335 e. The summed E-state index contributed by atoms with van der Waals surface area (Å²) in [6, 6.07) is 8.69. The second-order valence-corrected chi connectivity index (χ2v) is 5.23. The van der Waals surface area contributed by atoms with Gasteiger partial charge in [0.25, 0.3) is 0 Å². The Kier molecular flexibility index (Phi) is 3.41. The first-order valence-electron chi connectivity index (χ1n) is 6.72. The summed E-state index contributed by atoms with van der Waals surface area (Å²) in [7, 11) is 0. The number of fused-ring (bicyclic) bond motifs is 1. The molecule has 1 aromatic heterocycles. The van der Waals surface area contributed by atoms with Crippen molar-refractivity contribution < 1.29 is 18.7 Å². The van der Waals surface area contributed by atoms with Gasteiger partial charge in [-0.1, -0.05) is 6.07 Å². The quantitative estimate of drug-likeness (QED) is 0.795. The minimum atomic E-state index is -0.977. The first kappa shape index (κ1) is 14.3. The van der Waals surface area contributed by atoms with E-state index in [2.05, 4.69) is 0 Å². The van der Waals surface area contributed by atoms with Crippen molar-refractivity contribution >= 4 is 16.9 Å². The lowest BCUT2D eigenvalue weighted by Gasteiger charge is -2.06. The molecule has 2 aromatic carbocycles. The van der Waals surface area contributed by atoms with Gasteiger partial charge in [-0.15, -0.1) is 0 Å². The van der Waals surface area contributed by atoms with Crippen LogP contribution in [0.1, 0.15) is 21.5 Å². The summed E-state index contributed by atoms with van der Waals surface area (Å²) in [6.07, 6.45) is 1.87. The Labute approximate surface area is 125 Å². The van der Waals surface area contributed by atoms with Gasteiger partial charge in [0.05, 0.1) is 5.56 Å². The Morgan fingerprint density at radius 2 is 1.91 bits per heavy atom. The second kappa shape index (κ2) is 5.26. The number of rotatable bonds is 3. The number of hydrogen-bond donors (Lipinski definition) is 1. The highest BCUT2D eigenvalue weighted by molar-refractivity contribution is 5.94. The molecule has 0 aliphatic rings. The average Bonchev–Trinajstić information content (AvgIpc) is 2.79. The summed E-state index contributed by atoms with van der Waals surface area (Å²) in [4.78, 5) is 11.0. The molecular formula is C17H13F2NO2. The first-order valence-corrected chi connectivity index (χ1v) is 6.72. The van der Waals surface area contributed by atoms with Gasteiger partial charge in [0.1, 0.15) is 0 Å². The number of carboxylic acid groups (broad SMARTS) is 1. The Morgan fingerprint density at radius 3 is 2.59 bits per heavy atom. The number of aromatic carboxylic acids is 1. The fourth-order valence-corrected chi connectivity index (χ4v) is 2.57. The van der Waals surface area contributed by atoms with E-state index < -0.39 is 17.6 Å². The summed E-state index contributed by atoms with van der Waals surface area (Å²) in [5, 5.41) is 9.89. The zero-order valence-electron chi connectivity index (χ0n) is 11.8. The van der Waals surface area contributed by atoms with E-state index in [1.807, 2.05) is 17.7 Å². The Bertz CT molecular complexity index is 884. The van der Waals surface area contributed by atoms with E-state index in [9.17, 15) is 13.6 Å². The van der Waals surface area contributed by atoms with Crippen LogP contribution in [0, 0.1) is 18.6 Å². The van der Waals surface area contributed by atoms with Gasteiger partial charge in [0.2, 0.25) is 0 Å². The van der Waals surface area contributed by atoms with Crippen LogP contribution in [0.3, 0.4) is 0 Å². The van der Waals surface area contributed by atoms with E-state index in [1.54, 1.807) is 12.1 Å². The van der Waals surface area contributed by atoms with Crippen molar-refractivity contribution in [2.75, 3.05) is 0 Å². The number of aryl methyl sites for hydroxylation is 1. The molecule has 0 saturated carbocycles. The second-order valence-electron chi connectivity index (χ2n) is 5.23.